The fraction of sp³-hybridized carbons (Fsp3) is 0.250. The molecule has 0 aliphatic heterocycles. The van der Waals surface area contributed by atoms with Crippen LogP contribution in [0.2, 0.25) is 0 Å². The lowest BCUT2D eigenvalue weighted by Gasteiger charge is -2.13. The predicted octanol–water partition coefficient (Wildman–Crippen LogP) is -0.919. The third-order valence-electron chi connectivity index (χ3n) is 1.69. The van der Waals surface area contributed by atoms with Crippen molar-refractivity contribution in [3.8, 4) is 0 Å². The van der Waals surface area contributed by atoms with E-state index in [-0.39, 0.29) is 12.1 Å². The summed E-state index contributed by atoms with van der Waals surface area (Å²) in [6, 6.07) is 3.41. The van der Waals surface area contributed by atoms with Crippen LogP contribution in [-0.4, -0.2) is 15.4 Å². The van der Waals surface area contributed by atoms with Crippen LogP contribution in [0.4, 0.5) is 4.39 Å². The van der Waals surface area contributed by atoms with Crippen LogP contribution >= 0.6 is 0 Å². The highest BCUT2D eigenvalue weighted by Crippen LogP contribution is 2.16. The third kappa shape index (κ3) is 2.72. The van der Waals surface area contributed by atoms with Crippen molar-refractivity contribution in [1.29, 1.82) is 0 Å². The molecule has 0 aliphatic rings. The number of hydrogen-bond donors (Lipinski definition) is 4. The summed E-state index contributed by atoms with van der Waals surface area (Å²) in [4.78, 5) is 0. The second kappa shape index (κ2) is 4.45. The zero-order valence-electron chi connectivity index (χ0n) is 7.14. The summed E-state index contributed by atoms with van der Waals surface area (Å²) in [5, 5.41) is 35.2. The van der Waals surface area contributed by atoms with E-state index in [2.05, 4.69) is 0 Å². The number of hydroxylamine groups is 2. The van der Waals surface area contributed by atoms with Gasteiger partial charge in [-0.15, -0.1) is 0 Å². The molecule has 0 aromatic heterocycles. The van der Waals surface area contributed by atoms with Crippen LogP contribution in [0, 0.1) is 11.0 Å². The van der Waals surface area contributed by atoms with E-state index in [1.807, 2.05) is 0 Å². The van der Waals surface area contributed by atoms with Crippen molar-refractivity contribution in [3.05, 3.63) is 40.4 Å². The first-order valence-electron chi connectivity index (χ1n) is 3.87. The van der Waals surface area contributed by atoms with Crippen LogP contribution < -0.4 is 5.23 Å². The highest BCUT2D eigenvalue weighted by atomic mass is 19.1. The molecular weight excluding hydrogens is 193 g/mol. The minimum absolute atomic E-state index is 0.278. The minimum atomic E-state index is -1.93. The fourth-order valence-corrected chi connectivity index (χ4v) is 1.08. The molecule has 0 saturated carbocycles. The Morgan fingerprint density at radius 3 is 2.57 bits per heavy atom. The van der Waals surface area contributed by atoms with Gasteiger partial charge in [-0.3, -0.25) is 0 Å². The third-order valence-corrected chi connectivity index (χ3v) is 1.69. The molecule has 1 rings (SSSR count). The Hall–Kier alpha value is -1.05. The summed E-state index contributed by atoms with van der Waals surface area (Å²) in [6.07, 6.45) is -1.93. The van der Waals surface area contributed by atoms with Gasteiger partial charge in [0, 0.05) is 11.1 Å². The number of nitrogens with one attached hydrogen (secondary N) is 1. The molecule has 0 fully saturated rings. The second-order valence-corrected chi connectivity index (χ2v) is 2.80. The molecule has 1 unspecified atom stereocenters. The number of hydrogen-bond acceptors (Lipinski definition) is 4. The first-order valence-corrected chi connectivity index (χ1v) is 3.87. The molecule has 14 heavy (non-hydrogen) atoms. The summed E-state index contributed by atoms with van der Waals surface area (Å²) in [5.41, 5.74) is 0.00532. The van der Waals surface area contributed by atoms with Gasteiger partial charge in [-0.1, -0.05) is 6.07 Å². The second-order valence-electron chi connectivity index (χ2n) is 2.80. The quantitative estimate of drug-likeness (QED) is 0.378. The first kappa shape index (κ1) is 11.0. The van der Waals surface area contributed by atoms with E-state index in [0.29, 0.717) is 5.56 Å². The van der Waals surface area contributed by atoms with Crippen LogP contribution in [0.5, 0.6) is 0 Å². The van der Waals surface area contributed by atoms with Crippen molar-refractivity contribution in [2.45, 2.75) is 12.8 Å². The fourth-order valence-electron chi connectivity index (χ4n) is 1.08. The Bertz CT molecular complexity index is 316. The largest absolute Gasteiger partial charge is 0.600 e. The van der Waals surface area contributed by atoms with Gasteiger partial charge in [-0.2, -0.15) is 0 Å². The Labute approximate surface area is 79.2 Å². The molecular formula is C8H10FNO4. The van der Waals surface area contributed by atoms with E-state index in [0.717, 1.165) is 12.1 Å². The van der Waals surface area contributed by atoms with E-state index in [1.165, 1.54) is 6.07 Å². The highest BCUT2D eigenvalue weighted by molar-refractivity contribution is 5.25. The molecule has 0 spiro atoms. The molecule has 4 N–H and O–H groups in total. The van der Waals surface area contributed by atoms with E-state index >= 15 is 0 Å². The number of aliphatic hydroxyl groups excluding tert-OH is 1. The number of halogens is 1. The summed E-state index contributed by atoms with van der Waals surface area (Å²) in [5.74, 6) is -0.769. The predicted molar refractivity (Wildman–Crippen MR) is 43.4 cm³/mol. The lowest BCUT2D eigenvalue weighted by atomic mass is 10.1. The standard InChI is InChI=1S/C8H10FNO4/c9-7-2-1-5(4-10(13)14)3-6(7)8(11)12/h1-3,8,10-13H,4H2. The van der Waals surface area contributed by atoms with Crippen LogP contribution in [0.15, 0.2) is 18.2 Å². The maximum atomic E-state index is 12.9. The number of benzene rings is 1. The van der Waals surface area contributed by atoms with Gasteiger partial charge in [-0.05, 0) is 12.1 Å². The van der Waals surface area contributed by atoms with E-state index in [1.54, 1.807) is 0 Å². The maximum Gasteiger partial charge on any atom is 0.181 e. The van der Waals surface area contributed by atoms with Gasteiger partial charge >= 0.3 is 0 Å². The molecule has 0 amide bonds. The molecule has 6 heteroatoms. The molecule has 0 radical (unpaired) electrons. The van der Waals surface area contributed by atoms with Crippen molar-refractivity contribution in [2.24, 2.45) is 0 Å². The van der Waals surface area contributed by atoms with Crippen molar-refractivity contribution in [1.82, 2.24) is 0 Å². The van der Waals surface area contributed by atoms with Crippen molar-refractivity contribution >= 4 is 0 Å². The van der Waals surface area contributed by atoms with Crippen LogP contribution in [-0.2, 0) is 6.54 Å². The normalized spacial score (nSPS) is 13.3. The van der Waals surface area contributed by atoms with Crippen LogP contribution in [0.25, 0.3) is 0 Å². The van der Waals surface area contributed by atoms with Gasteiger partial charge in [0.1, 0.15) is 12.4 Å². The lowest BCUT2D eigenvalue weighted by Crippen LogP contribution is -3.03. The van der Waals surface area contributed by atoms with E-state index in [4.69, 9.17) is 15.4 Å². The van der Waals surface area contributed by atoms with Gasteiger partial charge in [-0.25, -0.2) is 14.8 Å². The summed E-state index contributed by atoms with van der Waals surface area (Å²) in [6.45, 7) is -0.278. The topological polar surface area (TPSA) is 88.2 Å². The highest BCUT2D eigenvalue weighted by Gasteiger charge is 2.11. The van der Waals surface area contributed by atoms with Crippen LogP contribution in [0.1, 0.15) is 17.4 Å². The molecule has 0 aliphatic carbocycles. The molecule has 0 bridgehead atoms. The van der Waals surface area contributed by atoms with Gasteiger partial charge in [0.05, 0.1) is 0 Å². The molecule has 1 atom stereocenters. The molecule has 78 valence electrons. The Morgan fingerprint density at radius 1 is 1.43 bits per heavy atom. The Kier molecular flexibility index (Phi) is 3.50. The average molecular weight is 203 g/mol. The maximum absolute atomic E-state index is 12.9. The smallest absolute Gasteiger partial charge is 0.181 e. The molecule has 0 heterocycles. The van der Waals surface area contributed by atoms with Crippen molar-refractivity contribution in [2.75, 3.05) is 0 Å². The first-order chi connectivity index (χ1) is 6.50. The molecule has 0 saturated heterocycles. The number of rotatable bonds is 3. The van der Waals surface area contributed by atoms with Crippen molar-refractivity contribution < 1.29 is 25.0 Å². The molecule has 1 aromatic rings. The van der Waals surface area contributed by atoms with Crippen LogP contribution in [0.3, 0.4) is 0 Å². The minimum Gasteiger partial charge on any atom is -0.600 e. The zero-order valence-corrected chi connectivity index (χ0v) is 7.14. The number of aliphatic hydroxyl groups is 2. The lowest BCUT2D eigenvalue weighted by molar-refractivity contribution is -1.06. The van der Waals surface area contributed by atoms with E-state index < -0.39 is 17.3 Å². The SMILES string of the molecule is [O-][NH+](O)Cc1ccc(F)c(C(O)O)c1. The monoisotopic (exact) mass is 203 g/mol. The van der Waals surface area contributed by atoms with Gasteiger partial charge in [0.2, 0.25) is 0 Å². The summed E-state index contributed by atoms with van der Waals surface area (Å²) in [7, 11) is 0. The van der Waals surface area contributed by atoms with E-state index in [9.17, 15) is 9.60 Å². The molecule has 1 aromatic carbocycles. The Balaban J connectivity index is 2.94. The molecule has 5 nitrogen and oxygen atoms in total. The number of quaternary nitrogens is 1. The van der Waals surface area contributed by atoms with Gasteiger partial charge < -0.3 is 15.4 Å². The summed E-state index contributed by atoms with van der Waals surface area (Å²) < 4.78 is 12.9. The van der Waals surface area contributed by atoms with Crippen molar-refractivity contribution in [3.63, 3.8) is 0 Å². The average Bonchev–Trinajstić information content (AvgIpc) is 2.07. The summed E-state index contributed by atoms with van der Waals surface area (Å²) >= 11 is 0. The Morgan fingerprint density at radius 2 is 2.07 bits per heavy atom. The van der Waals surface area contributed by atoms with Gasteiger partial charge in [0.15, 0.2) is 6.29 Å². The zero-order chi connectivity index (χ0) is 10.7. The van der Waals surface area contributed by atoms with Gasteiger partial charge in [0.25, 0.3) is 0 Å².